The van der Waals surface area contributed by atoms with Gasteiger partial charge in [-0.05, 0) is 29.8 Å². The van der Waals surface area contributed by atoms with Gasteiger partial charge in [-0.3, -0.25) is 0 Å². The Balaban J connectivity index is 2.15. The van der Waals surface area contributed by atoms with Gasteiger partial charge in [0, 0.05) is 11.1 Å². The number of benzene rings is 2. The van der Waals surface area contributed by atoms with E-state index >= 15 is 0 Å². The standard InChI is InChI=1S/C16H12Cl2FNO/c17-13-4-5-14(18)16(9-13)21-10-11-3-6-15(19)12(8-11)2-1-7-20/h3-6,8-9H,7,10,20H2. The van der Waals surface area contributed by atoms with Crippen molar-refractivity contribution in [3.8, 4) is 17.6 Å². The first-order valence-electron chi connectivity index (χ1n) is 6.15. The first-order chi connectivity index (χ1) is 10.1. The Morgan fingerprint density at radius 2 is 1.95 bits per heavy atom. The molecule has 0 spiro atoms. The van der Waals surface area contributed by atoms with E-state index in [1.165, 1.54) is 6.07 Å². The Labute approximate surface area is 132 Å². The molecular weight excluding hydrogens is 312 g/mol. The van der Waals surface area contributed by atoms with Crippen molar-refractivity contribution in [2.45, 2.75) is 6.61 Å². The minimum Gasteiger partial charge on any atom is -0.487 e. The lowest BCUT2D eigenvalue weighted by molar-refractivity contribution is 0.306. The van der Waals surface area contributed by atoms with Gasteiger partial charge in [-0.15, -0.1) is 0 Å². The van der Waals surface area contributed by atoms with Crippen molar-refractivity contribution < 1.29 is 9.13 Å². The van der Waals surface area contributed by atoms with E-state index in [0.717, 1.165) is 5.56 Å². The molecule has 5 heteroatoms. The molecule has 0 bridgehead atoms. The summed E-state index contributed by atoms with van der Waals surface area (Å²) >= 11 is 11.9. The van der Waals surface area contributed by atoms with Gasteiger partial charge in [-0.1, -0.05) is 41.1 Å². The van der Waals surface area contributed by atoms with Crippen molar-refractivity contribution >= 4 is 23.2 Å². The first-order valence-corrected chi connectivity index (χ1v) is 6.91. The van der Waals surface area contributed by atoms with Gasteiger partial charge < -0.3 is 10.5 Å². The largest absolute Gasteiger partial charge is 0.487 e. The van der Waals surface area contributed by atoms with Gasteiger partial charge in [-0.2, -0.15) is 0 Å². The van der Waals surface area contributed by atoms with Crippen LogP contribution in [0.2, 0.25) is 10.0 Å². The quantitative estimate of drug-likeness (QED) is 0.866. The number of nitrogens with two attached hydrogens (primary N) is 1. The molecule has 2 rings (SSSR count). The first kappa shape index (κ1) is 15.7. The highest BCUT2D eigenvalue weighted by Crippen LogP contribution is 2.28. The highest BCUT2D eigenvalue weighted by atomic mass is 35.5. The maximum atomic E-state index is 13.6. The molecule has 0 aliphatic carbocycles. The van der Waals surface area contributed by atoms with Crippen LogP contribution in [0.15, 0.2) is 36.4 Å². The molecule has 0 heterocycles. The van der Waals surface area contributed by atoms with Crippen LogP contribution in [0.4, 0.5) is 4.39 Å². The molecule has 0 radical (unpaired) electrons. The molecule has 2 aromatic carbocycles. The smallest absolute Gasteiger partial charge is 0.139 e. The molecule has 0 saturated heterocycles. The molecule has 108 valence electrons. The zero-order chi connectivity index (χ0) is 15.2. The highest BCUT2D eigenvalue weighted by Gasteiger charge is 2.05. The Bertz CT molecular complexity index is 707. The van der Waals surface area contributed by atoms with Gasteiger partial charge in [0.2, 0.25) is 0 Å². The molecule has 0 unspecified atom stereocenters. The number of rotatable bonds is 3. The fourth-order valence-electron chi connectivity index (χ4n) is 1.65. The van der Waals surface area contributed by atoms with Gasteiger partial charge in [0.25, 0.3) is 0 Å². The second-order valence-corrected chi connectivity index (χ2v) is 5.03. The lowest BCUT2D eigenvalue weighted by Gasteiger charge is -2.09. The van der Waals surface area contributed by atoms with E-state index in [1.54, 1.807) is 30.3 Å². The van der Waals surface area contributed by atoms with E-state index in [-0.39, 0.29) is 19.0 Å². The lowest BCUT2D eigenvalue weighted by Crippen LogP contribution is -1.98. The van der Waals surface area contributed by atoms with E-state index in [9.17, 15) is 4.39 Å². The third kappa shape index (κ3) is 4.37. The maximum Gasteiger partial charge on any atom is 0.139 e. The lowest BCUT2D eigenvalue weighted by atomic mass is 10.1. The average Bonchev–Trinajstić information content (AvgIpc) is 2.48. The van der Waals surface area contributed by atoms with Crippen molar-refractivity contribution in [1.29, 1.82) is 0 Å². The monoisotopic (exact) mass is 323 g/mol. The minimum atomic E-state index is -0.388. The molecular formula is C16H12Cl2FNO. The number of halogens is 3. The predicted octanol–water partition coefficient (Wildman–Crippen LogP) is 4.02. The second-order valence-electron chi connectivity index (χ2n) is 4.18. The van der Waals surface area contributed by atoms with E-state index in [0.29, 0.717) is 21.4 Å². The summed E-state index contributed by atoms with van der Waals surface area (Å²) in [4.78, 5) is 0. The Hall–Kier alpha value is -1.73. The maximum absolute atomic E-state index is 13.6. The van der Waals surface area contributed by atoms with Crippen molar-refractivity contribution in [2.24, 2.45) is 5.73 Å². The van der Waals surface area contributed by atoms with Crippen LogP contribution in [0.3, 0.4) is 0 Å². The summed E-state index contributed by atoms with van der Waals surface area (Å²) in [6.07, 6.45) is 0. The summed E-state index contributed by atoms with van der Waals surface area (Å²) < 4.78 is 19.1. The summed E-state index contributed by atoms with van der Waals surface area (Å²) in [5, 5.41) is 0.993. The zero-order valence-electron chi connectivity index (χ0n) is 11.0. The Morgan fingerprint density at radius 3 is 2.71 bits per heavy atom. The van der Waals surface area contributed by atoms with E-state index in [1.807, 2.05) is 0 Å². The molecule has 0 atom stereocenters. The predicted molar refractivity (Wildman–Crippen MR) is 83.1 cm³/mol. The topological polar surface area (TPSA) is 35.2 Å². The number of hydrogen-bond donors (Lipinski definition) is 1. The molecule has 21 heavy (non-hydrogen) atoms. The summed E-state index contributed by atoms with van der Waals surface area (Å²) in [7, 11) is 0. The molecule has 0 amide bonds. The third-order valence-electron chi connectivity index (χ3n) is 2.64. The van der Waals surface area contributed by atoms with Gasteiger partial charge in [0.05, 0.1) is 17.1 Å². The average molecular weight is 324 g/mol. The van der Waals surface area contributed by atoms with E-state index in [4.69, 9.17) is 33.7 Å². The molecule has 2 N–H and O–H groups in total. The van der Waals surface area contributed by atoms with Crippen LogP contribution in [0.5, 0.6) is 5.75 Å². The van der Waals surface area contributed by atoms with Crippen LogP contribution in [0.1, 0.15) is 11.1 Å². The molecule has 0 aliphatic rings. The van der Waals surface area contributed by atoms with Gasteiger partial charge in [0.15, 0.2) is 0 Å². The van der Waals surface area contributed by atoms with Gasteiger partial charge >= 0.3 is 0 Å². The van der Waals surface area contributed by atoms with Gasteiger partial charge in [-0.25, -0.2) is 4.39 Å². The fraction of sp³-hybridized carbons (Fsp3) is 0.125. The summed E-state index contributed by atoms with van der Waals surface area (Å²) in [5.74, 6) is 5.39. The van der Waals surface area contributed by atoms with E-state index < -0.39 is 0 Å². The summed E-state index contributed by atoms with van der Waals surface area (Å²) in [6, 6.07) is 9.55. The fourth-order valence-corrected chi connectivity index (χ4v) is 1.99. The molecule has 0 fully saturated rings. The SMILES string of the molecule is NCC#Cc1cc(COc2cc(Cl)ccc2Cl)ccc1F. The van der Waals surface area contributed by atoms with Crippen LogP contribution in [-0.4, -0.2) is 6.54 Å². The van der Waals surface area contributed by atoms with Crippen LogP contribution in [0, 0.1) is 17.7 Å². The number of ether oxygens (including phenoxy) is 1. The highest BCUT2D eigenvalue weighted by molar-refractivity contribution is 6.34. The van der Waals surface area contributed by atoms with Crippen LogP contribution in [0.25, 0.3) is 0 Å². The summed E-state index contributed by atoms with van der Waals surface area (Å²) in [5.41, 5.74) is 6.34. The van der Waals surface area contributed by atoms with Crippen molar-refractivity contribution in [1.82, 2.24) is 0 Å². The van der Waals surface area contributed by atoms with Crippen LogP contribution >= 0.6 is 23.2 Å². The number of hydrogen-bond acceptors (Lipinski definition) is 2. The third-order valence-corrected chi connectivity index (χ3v) is 3.19. The molecule has 2 nitrogen and oxygen atoms in total. The molecule has 0 aromatic heterocycles. The Morgan fingerprint density at radius 1 is 1.14 bits per heavy atom. The van der Waals surface area contributed by atoms with Crippen LogP contribution < -0.4 is 10.5 Å². The van der Waals surface area contributed by atoms with Crippen molar-refractivity contribution in [2.75, 3.05) is 6.54 Å². The molecule has 2 aromatic rings. The van der Waals surface area contributed by atoms with E-state index in [2.05, 4.69) is 11.8 Å². The minimum absolute atomic E-state index is 0.179. The molecule has 0 saturated carbocycles. The second kappa shape index (κ2) is 7.33. The van der Waals surface area contributed by atoms with Crippen LogP contribution in [-0.2, 0) is 6.61 Å². The normalized spacial score (nSPS) is 9.90. The van der Waals surface area contributed by atoms with Crippen molar-refractivity contribution in [3.63, 3.8) is 0 Å². The molecule has 0 aliphatic heterocycles. The Kier molecular flexibility index (Phi) is 5.46. The van der Waals surface area contributed by atoms with Gasteiger partial charge in [0.1, 0.15) is 18.2 Å². The zero-order valence-corrected chi connectivity index (χ0v) is 12.5. The van der Waals surface area contributed by atoms with Crippen molar-refractivity contribution in [3.05, 3.63) is 63.4 Å². The summed E-state index contributed by atoms with van der Waals surface area (Å²) in [6.45, 7) is 0.413.